The Morgan fingerprint density at radius 2 is 1.66 bits per heavy atom. The number of likely N-dealkylation sites (tertiary alicyclic amines) is 1. The van der Waals surface area contributed by atoms with Crippen LogP contribution in [0, 0.1) is 0 Å². The van der Waals surface area contributed by atoms with E-state index in [4.69, 9.17) is 4.74 Å². The van der Waals surface area contributed by atoms with Crippen LogP contribution in [0.15, 0.2) is 66.9 Å². The molecule has 1 aliphatic heterocycles. The van der Waals surface area contributed by atoms with Crippen LogP contribution in [0.4, 0.5) is 13.2 Å². The zero-order valence-corrected chi connectivity index (χ0v) is 18.1. The largest absolute Gasteiger partial charge is 0.497 e. The molecule has 0 unspecified atom stereocenters. The first-order valence-corrected chi connectivity index (χ1v) is 10.9. The number of rotatable bonds is 6. The highest BCUT2D eigenvalue weighted by Gasteiger charge is 2.30. The van der Waals surface area contributed by atoms with Crippen molar-refractivity contribution >= 4 is 0 Å². The van der Waals surface area contributed by atoms with Gasteiger partial charge in [0.05, 0.1) is 12.7 Å². The van der Waals surface area contributed by atoms with Gasteiger partial charge in [-0.15, -0.1) is 0 Å². The van der Waals surface area contributed by atoms with Crippen molar-refractivity contribution in [3.05, 3.63) is 94.8 Å². The maximum absolute atomic E-state index is 12.7. The number of methoxy groups -OCH3 is 1. The van der Waals surface area contributed by atoms with E-state index < -0.39 is 11.7 Å². The summed E-state index contributed by atoms with van der Waals surface area (Å²) >= 11 is 0. The van der Waals surface area contributed by atoms with Gasteiger partial charge in [-0.1, -0.05) is 30.3 Å². The Labute approximate surface area is 186 Å². The topological polar surface area (TPSA) is 25.4 Å². The summed E-state index contributed by atoms with van der Waals surface area (Å²) in [6, 6.07) is 17.7. The molecule has 32 heavy (non-hydrogen) atoms. The highest BCUT2D eigenvalue weighted by Crippen LogP contribution is 2.30. The van der Waals surface area contributed by atoms with Crippen molar-refractivity contribution in [1.29, 1.82) is 0 Å². The molecule has 0 amide bonds. The molecule has 1 saturated heterocycles. The number of piperidine rings is 1. The number of halogens is 3. The van der Waals surface area contributed by atoms with Crippen LogP contribution in [0.1, 0.15) is 46.7 Å². The van der Waals surface area contributed by atoms with Gasteiger partial charge in [0, 0.05) is 24.4 Å². The Bertz CT molecular complexity index is 1010. The molecule has 4 rings (SSSR count). The van der Waals surface area contributed by atoms with Gasteiger partial charge in [0.2, 0.25) is 0 Å². The minimum atomic E-state index is -4.30. The van der Waals surface area contributed by atoms with E-state index in [2.05, 4.69) is 28.1 Å². The van der Waals surface area contributed by atoms with Crippen molar-refractivity contribution in [2.24, 2.45) is 0 Å². The molecule has 0 bridgehead atoms. The fourth-order valence-corrected chi connectivity index (χ4v) is 4.25. The highest BCUT2D eigenvalue weighted by atomic mass is 19.4. The van der Waals surface area contributed by atoms with Crippen molar-refractivity contribution in [2.75, 3.05) is 20.2 Å². The fraction of sp³-hybridized carbons (Fsp3) is 0.346. The fourth-order valence-electron chi connectivity index (χ4n) is 4.25. The third kappa shape index (κ3) is 5.68. The smallest absolute Gasteiger partial charge is 0.416 e. The van der Waals surface area contributed by atoms with Gasteiger partial charge in [-0.2, -0.15) is 13.2 Å². The number of alkyl halides is 3. The third-order valence-corrected chi connectivity index (χ3v) is 6.08. The Morgan fingerprint density at radius 1 is 0.938 bits per heavy atom. The molecule has 6 heteroatoms. The first kappa shape index (κ1) is 22.3. The number of ether oxygens (including phenoxy) is 1. The zero-order valence-electron chi connectivity index (χ0n) is 18.1. The molecule has 0 atom stereocenters. The minimum absolute atomic E-state index is 0.441. The van der Waals surface area contributed by atoms with Crippen molar-refractivity contribution in [3.8, 4) is 5.75 Å². The number of nitrogens with zero attached hydrogens (tertiary/aromatic N) is 2. The average Bonchev–Trinajstić information content (AvgIpc) is 2.80. The summed E-state index contributed by atoms with van der Waals surface area (Å²) in [5, 5.41) is 0. The Kier molecular flexibility index (Phi) is 6.80. The molecule has 1 aliphatic rings. The van der Waals surface area contributed by atoms with Gasteiger partial charge >= 0.3 is 6.18 Å². The Morgan fingerprint density at radius 3 is 2.28 bits per heavy atom. The third-order valence-electron chi connectivity index (χ3n) is 6.08. The molecule has 1 fully saturated rings. The van der Waals surface area contributed by atoms with Gasteiger partial charge in [0.1, 0.15) is 5.75 Å². The summed E-state index contributed by atoms with van der Waals surface area (Å²) in [4.78, 5) is 7.13. The Hall–Kier alpha value is -2.86. The second-order valence-electron chi connectivity index (χ2n) is 8.36. The van der Waals surface area contributed by atoms with Gasteiger partial charge < -0.3 is 4.74 Å². The molecule has 2 aromatic carbocycles. The van der Waals surface area contributed by atoms with Gasteiger partial charge in [-0.05, 0) is 79.4 Å². The molecular formula is C26H27F3N2O. The van der Waals surface area contributed by atoms with Crippen molar-refractivity contribution in [1.82, 2.24) is 9.88 Å². The maximum Gasteiger partial charge on any atom is 0.416 e. The van der Waals surface area contributed by atoms with Gasteiger partial charge in [0.15, 0.2) is 0 Å². The number of hydrogen-bond acceptors (Lipinski definition) is 3. The van der Waals surface area contributed by atoms with Crippen molar-refractivity contribution in [2.45, 2.75) is 37.9 Å². The summed E-state index contributed by atoms with van der Waals surface area (Å²) in [7, 11) is 1.69. The van der Waals surface area contributed by atoms with Crippen LogP contribution in [0.2, 0.25) is 0 Å². The second-order valence-corrected chi connectivity index (χ2v) is 8.36. The normalized spacial score (nSPS) is 15.6. The van der Waals surface area contributed by atoms with E-state index >= 15 is 0 Å². The van der Waals surface area contributed by atoms with E-state index in [0.29, 0.717) is 12.3 Å². The quantitative estimate of drug-likeness (QED) is 0.465. The standard InChI is InChI=1S/C26H27F3N2O/c1-32-24-4-2-3-21(16-24)18-31-13-11-22(12-14-31)25-10-7-20(17-30-25)15-19-5-8-23(9-6-19)26(27,28)29/h2-10,16-17,22H,11-15,18H2,1H3. The van der Waals surface area contributed by atoms with Crippen LogP contribution in [0.25, 0.3) is 0 Å². The van der Waals surface area contributed by atoms with Crippen LogP contribution >= 0.6 is 0 Å². The molecule has 2 heterocycles. The number of aromatic nitrogens is 1. The summed E-state index contributed by atoms with van der Waals surface area (Å²) in [6.07, 6.45) is 0.260. The predicted octanol–water partition coefficient (Wildman–Crippen LogP) is 6.08. The van der Waals surface area contributed by atoms with Crippen molar-refractivity contribution in [3.63, 3.8) is 0 Å². The van der Waals surface area contributed by atoms with Gasteiger partial charge in [-0.3, -0.25) is 9.88 Å². The predicted molar refractivity (Wildman–Crippen MR) is 119 cm³/mol. The van der Waals surface area contributed by atoms with Crippen LogP contribution in [-0.4, -0.2) is 30.1 Å². The molecular weight excluding hydrogens is 413 g/mol. The summed E-state index contributed by atoms with van der Waals surface area (Å²) < 4.78 is 43.5. The molecule has 0 N–H and O–H groups in total. The molecule has 168 valence electrons. The first-order valence-electron chi connectivity index (χ1n) is 10.9. The summed E-state index contributed by atoms with van der Waals surface area (Å²) in [6.45, 7) is 2.97. The SMILES string of the molecule is COc1cccc(CN2CCC(c3ccc(Cc4ccc(C(F)(F)F)cc4)cn3)CC2)c1. The van der Waals surface area contributed by atoms with Crippen molar-refractivity contribution < 1.29 is 17.9 Å². The van der Waals surface area contributed by atoms with Crippen LogP contribution in [0.5, 0.6) is 5.75 Å². The molecule has 0 saturated carbocycles. The second kappa shape index (κ2) is 9.74. The maximum atomic E-state index is 12.7. The zero-order chi connectivity index (χ0) is 22.6. The highest BCUT2D eigenvalue weighted by molar-refractivity contribution is 5.30. The molecule has 0 radical (unpaired) electrons. The number of pyridine rings is 1. The van der Waals surface area contributed by atoms with Gasteiger partial charge in [0.25, 0.3) is 0 Å². The van der Waals surface area contributed by atoms with E-state index in [1.54, 1.807) is 7.11 Å². The lowest BCUT2D eigenvalue weighted by Gasteiger charge is -2.31. The molecule has 3 aromatic rings. The van der Waals surface area contributed by atoms with E-state index in [0.717, 1.165) is 67.2 Å². The number of hydrogen-bond donors (Lipinski definition) is 0. The molecule has 0 spiro atoms. The Balaban J connectivity index is 1.30. The monoisotopic (exact) mass is 440 g/mol. The lowest BCUT2D eigenvalue weighted by Crippen LogP contribution is -2.32. The van der Waals surface area contributed by atoms with Crippen LogP contribution < -0.4 is 4.74 Å². The van der Waals surface area contributed by atoms with Crippen LogP contribution in [-0.2, 0) is 19.1 Å². The molecule has 0 aliphatic carbocycles. The van der Waals surface area contributed by atoms with Crippen LogP contribution in [0.3, 0.4) is 0 Å². The lowest BCUT2D eigenvalue weighted by atomic mass is 9.92. The van der Waals surface area contributed by atoms with E-state index in [1.807, 2.05) is 24.4 Å². The lowest BCUT2D eigenvalue weighted by molar-refractivity contribution is -0.137. The first-order chi connectivity index (χ1) is 15.4. The number of benzene rings is 2. The molecule has 3 nitrogen and oxygen atoms in total. The van der Waals surface area contributed by atoms with E-state index in [9.17, 15) is 13.2 Å². The van der Waals surface area contributed by atoms with E-state index in [-0.39, 0.29) is 0 Å². The summed E-state index contributed by atoms with van der Waals surface area (Å²) in [5.41, 5.74) is 3.59. The molecule has 1 aromatic heterocycles. The van der Waals surface area contributed by atoms with E-state index in [1.165, 1.54) is 17.7 Å². The van der Waals surface area contributed by atoms with Gasteiger partial charge in [-0.25, -0.2) is 0 Å². The summed E-state index contributed by atoms with van der Waals surface area (Å²) in [5.74, 6) is 1.33. The minimum Gasteiger partial charge on any atom is -0.497 e. The average molecular weight is 441 g/mol.